The van der Waals surface area contributed by atoms with Gasteiger partial charge in [0.05, 0.1) is 17.6 Å². The zero-order valence-electron chi connectivity index (χ0n) is 16.7. The minimum Gasteiger partial charge on any atom is -0.486 e. The molecule has 0 radical (unpaired) electrons. The topological polar surface area (TPSA) is 44.1 Å². The highest BCUT2D eigenvalue weighted by Gasteiger charge is 2.15. The van der Waals surface area contributed by atoms with E-state index < -0.39 is 0 Å². The third-order valence-corrected chi connectivity index (χ3v) is 5.54. The molecule has 0 spiro atoms. The summed E-state index contributed by atoms with van der Waals surface area (Å²) < 4.78 is 7.99. The Morgan fingerprint density at radius 1 is 0.871 bits per heavy atom. The molecule has 0 bridgehead atoms. The van der Waals surface area contributed by atoms with E-state index >= 15 is 0 Å². The number of halogens is 1. The van der Waals surface area contributed by atoms with Gasteiger partial charge in [-0.05, 0) is 59.3 Å². The molecule has 31 heavy (non-hydrogen) atoms. The van der Waals surface area contributed by atoms with Crippen LogP contribution in [0.25, 0.3) is 21.8 Å². The largest absolute Gasteiger partial charge is 0.486 e. The third kappa shape index (κ3) is 4.03. The van der Waals surface area contributed by atoms with Crippen molar-refractivity contribution in [2.45, 2.75) is 13.2 Å². The van der Waals surface area contributed by atoms with Crippen molar-refractivity contribution >= 4 is 39.2 Å². The summed E-state index contributed by atoms with van der Waals surface area (Å²) in [5.74, 6) is 1.46. The van der Waals surface area contributed by atoms with E-state index in [1.54, 1.807) is 24.3 Å². The fraction of sp³-hybridized carbons (Fsp3) is 0.0769. The van der Waals surface area contributed by atoms with E-state index in [2.05, 4.69) is 12.1 Å². The maximum absolute atomic E-state index is 12.9. The second kappa shape index (κ2) is 8.25. The SMILES string of the molecule is O=C(Cn1c(COc2ccc3ccccc3c2)nc2ccccc21)c1ccc(Cl)cc1. The van der Waals surface area contributed by atoms with E-state index in [4.69, 9.17) is 21.3 Å². The lowest BCUT2D eigenvalue weighted by Gasteiger charge is -2.11. The van der Waals surface area contributed by atoms with Gasteiger partial charge < -0.3 is 9.30 Å². The maximum atomic E-state index is 12.9. The molecule has 0 aliphatic rings. The van der Waals surface area contributed by atoms with Crippen molar-refractivity contribution in [2.24, 2.45) is 0 Å². The molecule has 0 aliphatic carbocycles. The number of Topliss-reactive ketones (excluding diaryl/α,β-unsaturated/α-hetero) is 1. The van der Waals surface area contributed by atoms with Crippen molar-refractivity contribution in [1.29, 1.82) is 0 Å². The molecule has 0 saturated heterocycles. The number of para-hydroxylation sites is 2. The number of benzene rings is 4. The molecule has 0 saturated carbocycles. The first-order chi connectivity index (χ1) is 15.2. The van der Waals surface area contributed by atoms with Crippen LogP contribution in [0.3, 0.4) is 0 Å². The molecular formula is C26H19ClN2O2. The van der Waals surface area contributed by atoms with Gasteiger partial charge in [-0.15, -0.1) is 0 Å². The average Bonchev–Trinajstić information content (AvgIpc) is 3.15. The van der Waals surface area contributed by atoms with Crippen molar-refractivity contribution in [3.05, 3.63) is 107 Å². The van der Waals surface area contributed by atoms with Crippen LogP contribution in [0.15, 0.2) is 91.0 Å². The van der Waals surface area contributed by atoms with E-state index in [0.717, 1.165) is 27.6 Å². The van der Waals surface area contributed by atoms with Gasteiger partial charge in [-0.3, -0.25) is 4.79 Å². The second-order valence-corrected chi connectivity index (χ2v) is 7.77. The van der Waals surface area contributed by atoms with Crippen LogP contribution < -0.4 is 4.74 Å². The van der Waals surface area contributed by atoms with Crippen LogP contribution in [-0.4, -0.2) is 15.3 Å². The van der Waals surface area contributed by atoms with Gasteiger partial charge in [0.25, 0.3) is 0 Å². The smallest absolute Gasteiger partial charge is 0.182 e. The van der Waals surface area contributed by atoms with E-state index in [9.17, 15) is 4.79 Å². The van der Waals surface area contributed by atoms with Crippen molar-refractivity contribution in [3.63, 3.8) is 0 Å². The number of fused-ring (bicyclic) bond motifs is 2. The van der Waals surface area contributed by atoms with Crippen LogP contribution in [0.2, 0.25) is 5.02 Å². The van der Waals surface area contributed by atoms with Crippen LogP contribution in [0.5, 0.6) is 5.75 Å². The zero-order chi connectivity index (χ0) is 21.2. The number of ketones is 1. The van der Waals surface area contributed by atoms with Gasteiger partial charge in [0.15, 0.2) is 5.78 Å². The van der Waals surface area contributed by atoms with E-state index in [-0.39, 0.29) is 18.9 Å². The zero-order valence-corrected chi connectivity index (χ0v) is 17.4. The summed E-state index contributed by atoms with van der Waals surface area (Å²) in [4.78, 5) is 17.6. The number of carbonyl (C=O) groups excluding carboxylic acids is 1. The number of rotatable bonds is 6. The fourth-order valence-corrected chi connectivity index (χ4v) is 3.81. The lowest BCUT2D eigenvalue weighted by atomic mass is 10.1. The minimum absolute atomic E-state index is 0.00762. The normalized spacial score (nSPS) is 11.1. The third-order valence-electron chi connectivity index (χ3n) is 5.29. The highest BCUT2D eigenvalue weighted by molar-refractivity contribution is 6.30. The molecule has 0 N–H and O–H groups in total. The fourth-order valence-electron chi connectivity index (χ4n) is 3.69. The van der Waals surface area contributed by atoms with Gasteiger partial charge in [0.1, 0.15) is 18.2 Å². The quantitative estimate of drug-likeness (QED) is 0.299. The van der Waals surface area contributed by atoms with Gasteiger partial charge in [0, 0.05) is 10.6 Å². The molecule has 5 rings (SSSR count). The molecular weight excluding hydrogens is 408 g/mol. The van der Waals surface area contributed by atoms with Gasteiger partial charge in [0.2, 0.25) is 0 Å². The molecule has 1 aromatic heterocycles. The number of hydrogen-bond acceptors (Lipinski definition) is 3. The van der Waals surface area contributed by atoms with Crippen LogP contribution >= 0.6 is 11.6 Å². The Bertz CT molecular complexity index is 1390. The molecule has 0 aliphatic heterocycles. The van der Waals surface area contributed by atoms with E-state index in [0.29, 0.717) is 16.4 Å². The lowest BCUT2D eigenvalue weighted by Crippen LogP contribution is -2.14. The van der Waals surface area contributed by atoms with Crippen LogP contribution in [0.1, 0.15) is 16.2 Å². The predicted octanol–water partition coefficient (Wildman–Crippen LogP) is 6.30. The number of ether oxygens (including phenoxy) is 1. The Labute approximate surface area is 184 Å². The lowest BCUT2D eigenvalue weighted by molar-refractivity contribution is 0.0971. The molecule has 4 aromatic carbocycles. The molecule has 5 heteroatoms. The van der Waals surface area contributed by atoms with Gasteiger partial charge in [-0.1, -0.05) is 54.1 Å². The highest BCUT2D eigenvalue weighted by Crippen LogP contribution is 2.23. The summed E-state index contributed by atoms with van der Waals surface area (Å²) in [5, 5.41) is 2.89. The van der Waals surface area contributed by atoms with Crippen molar-refractivity contribution < 1.29 is 9.53 Å². The highest BCUT2D eigenvalue weighted by atomic mass is 35.5. The monoisotopic (exact) mass is 426 g/mol. The molecule has 152 valence electrons. The molecule has 0 atom stereocenters. The summed E-state index contributed by atoms with van der Waals surface area (Å²) in [6.45, 7) is 0.444. The summed E-state index contributed by atoms with van der Waals surface area (Å²) in [5.41, 5.74) is 2.36. The number of carbonyl (C=O) groups is 1. The average molecular weight is 427 g/mol. The first kappa shape index (κ1) is 19.3. The summed E-state index contributed by atoms with van der Waals surface area (Å²) >= 11 is 5.96. The second-order valence-electron chi connectivity index (χ2n) is 7.33. The molecule has 0 fully saturated rings. The maximum Gasteiger partial charge on any atom is 0.182 e. The summed E-state index contributed by atoms with van der Waals surface area (Å²) in [7, 11) is 0. The van der Waals surface area contributed by atoms with E-state index in [1.807, 2.05) is 59.2 Å². The van der Waals surface area contributed by atoms with Crippen LogP contribution in [-0.2, 0) is 13.2 Å². The first-order valence-electron chi connectivity index (χ1n) is 10.0. The van der Waals surface area contributed by atoms with Crippen LogP contribution in [0.4, 0.5) is 0 Å². The number of aromatic nitrogens is 2. The molecule has 4 nitrogen and oxygen atoms in total. The summed E-state index contributed by atoms with van der Waals surface area (Å²) in [6.07, 6.45) is 0. The Morgan fingerprint density at radius 3 is 2.45 bits per heavy atom. The number of imidazole rings is 1. The standard InChI is InChI=1S/C26H19ClN2O2/c27-21-12-9-19(10-13-21)25(30)16-29-24-8-4-3-7-23(24)28-26(29)17-31-22-14-11-18-5-1-2-6-20(18)15-22/h1-15H,16-17H2. The number of nitrogens with zero attached hydrogens (tertiary/aromatic N) is 2. The molecule has 0 amide bonds. The van der Waals surface area contributed by atoms with Crippen molar-refractivity contribution in [3.8, 4) is 5.75 Å². The first-order valence-corrected chi connectivity index (χ1v) is 10.4. The predicted molar refractivity (Wildman–Crippen MR) is 124 cm³/mol. The Hall–Kier alpha value is -3.63. The van der Waals surface area contributed by atoms with Gasteiger partial charge in [-0.2, -0.15) is 0 Å². The van der Waals surface area contributed by atoms with Gasteiger partial charge >= 0.3 is 0 Å². The summed E-state index contributed by atoms with van der Waals surface area (Å²) in [6, 6.07) is 28.9. The Morgan fingerprint density at radius 2 is 1.61 bits per heavy atom. The molecule has 0 unspecified atom stereocenters. The molecule has 5 aromatic rings. The van der Waals surface area contributed by atoms with Gasteiger partial charge in [-0.25, -0.2) is 4.98 Å². The Kier molecular flexibility index (Phi) is 5.14. The van der Waals surface area contributed by atoms with Crippen molar-refractivity contribution in [2.75, 3.05) is 0 Å². The molecule has 1 heterocycles. The van der Waals surface area contributed by atoms with Crippen molar-refractivity contribution in [1.82, 2.24) is 9.55 Å². The number of hydrogen-bond donors (Lipinski definition) is 0. The Balaban J connectivity index is 1.43. The minimum atomic E-state index is -0.00762. The van der Waals surface area contributed by atoms with Crippen LogP contribution in [0, 0.1) is 0 Å². The van der Waals surface area contributed by atoms with E-state index in [1.165, 1.54) is 0 Å².